The second-order valence-corrected chi connectivity index (χ2v) is 6.77. The van der Waals surface area contributed by atoms with Crippen molar-refractivity contribution in [3.63, 3.8) is 0 Å². The standard InChI is InChI=1S/C20H25ClN2O3/c1-24-18-9-8-15(19(25-2)20(18)26-3)14-22-10-12-23(13-11-22)17-7-5-4-6-16(17)21/h4-9H,10-14H2,1-3H3/p+1. The molecule has 6 heteroatoms. The van der Waals surface area contributed by atoms with Crippen LogP contribution in [0.25, 0.3) is 0 Å². The minimum absolute atomic E-state index is 0.654. The van der Waals surface area contributed by atoms with E-state index in [1.54, 1.807) is 21.3 Å². The molecule has 0 aromatic heterocycles. The van der Waals surface area contributed by atoms with Crippen molar-refractivity contribution in [3.8, 4) is 17.2 Å². The van der Waals surface area contributed by atoms with Gasteiger partial charge in [-0.1, -0.05) is 23.7 Å². The quantitative estimate of drug-likeness (QED) is 0.837. The zero-order valence-corrected chi connectivity index (χ0v) is 16.3. The fraction of sp³-hybridized carbons (Fsp3) is 0.400. The average molecular weight is 378 g/mol. The van der Waals surface area contributed by atoms with Crippen molar-refractivity contribution in [2.75, 3.05) is 52.4 Å². The van der Waals surface area contributed by atoms with Gasteiger partial charge in [-0.3, -0.25) is 0 Å². The van der Waals surface area contributed by atoms with Crippen LogP contribution in [0.15, 0.2) is 36.4 Å². The number of para-hydroxylation sites is 1. The van der Waals surface area contributed by atoms with Gasteiger partial charge in [0, 0.05) is 0 Å². The lowest BCUT2D eigenvalue weighted by atomic mass is 10.1. The highest BCUT2D eigenvalue weighted by Crippen LogP contribution is 2.39. The normalized spacial score (nSPS) is 15.0. The number of nitrogens with zero attached hydrogens (tertiary/aromatic N) is 1. The number of quaternary nitrogens is 1. The van der Waals surface area contributed by atoms with Crippen LogP contribution < -0.4 is 24.0 Å². The van der Waals surface area contributed by atoms with E-state index in [2.05, 4.69) is 17.0 Å². The maximum absolute atomic E-state index is 6.33. The average Bonchev–Trinajstić information content (AvgIpc) is 2.68. The Labute approximate surface area is 160 Å². The van der Waals surface area contributed by atoms with Gasteiger partial charge in [-0.2, -0.15) is 0 Å². The van der Waals surface area contributed by atoms with Gasteiger partial charge < -0.3 is 24.0 Å². The molecule has 1 heterocycles. The topological polar surface area (TPSA) is 35.4 Å². The Morgan fingerprint density at radius 1 is 0.923 bits per heavy atom. The van der Waals surface area contributed by atoms with Crippen molar-refractivity contribution >= 4 is 17.3 Å². The second kappa shape index (κ2) is 8.52. The summed E-state index contributed by atoms with van der Waals surface area (Å²) in [5.41, 5.74) is 2.25. The Bertz CT molecular complexity index is 746. The molecular weight excluding hydrogens is 352 g/mol. The maximum atomic E-state index is 6.33. The minimum Gasteiger partial charge on any atom is -0.493 e. The highest BCUT2D eigenvalue weighted by atomic mass is 35.5. The first-order chi connectivity index (χ1) is 12.7. The number of nitrogens with one attached hydrogen (secondary N) is 1. The summed E-state index contributed by atoms with van der Waals surface area (Å²) in [6.07, 6.45) is 0. The van der Waals surface area contributed by atoms with Crippen molar-refractivity contribution in [1.29, 1.82) is 0 Å². The summed E-state index contributed by atoms with van der Waals surface area (Å²) in [4.78, 5) is 3.87. The highest BCUT2D eigenvalue weighted by Gasteiger charge is 2.24. The van der Waals surface area contributed by atoms with Gasteiger partial charge in [-0.15, -0.1) is 0 Å². The van der Waals surface area contributed by atoms with Gasteiger partial charge in [0.2, 0.25) is 5.75 Å². The van der Waals surface area contributed by atoms with Crippen LogP contribution in [0.3, 0.4) is 0 Å². The Hall–Kier alpha value is -2.11. The third-order valence-corrected chi connectivity index (χ3v) is 5.21. The van der Waals surface area contributed by atoms with E-state index in [1.807, 2.05) is 24.3 Å². The lowest BCUT2D eigenvalue weighted by molar-refractivity contribution is -0.914. The van der Waals surface area contributed by atoms with E-state index in [-0.39, 0.29) is 0 Å². The van der Waals surface area contributed by atoms with Crippen LogP contribution in [-0.2, 0) is 6.54 Å². The SMILES string of the molecule is COc1ccc(C[NH+]2CCN(c3ccccc3Cl)CC2)c(OC)c1OC. The number of ether oxygens (including phenoxy) is 3. The molecule has 0 amide bonds. The first kappa shape index (κ1) is 18.7. The molecule has 5 nitrogen and oxygen atoms in total. The van der Waals surface area contributed by atoms with Crippen LogP contribution in [0.1, 0.15) is 5.56 Å². The highest BCUT2D eigenvalue weighted by molar-refractivity contribution is 6.33. The van der Waals surface area contributed by atoms with E-state index in [0.29, 0.717) is 11.5 Å². The Balaban J connectivity index is 1.69. The Kier molecular flexibility index (Phi) is 6.12. The zero-order valence-electron chi connectivity index (χ0n) is 15.5. The summed E-state index contributed by atoms with van der Waals surface area (Å²) in [7, 11) is 4.95. The molecule has 140 valence electrons. The van der Waals surface area contributed by atoms with E-state index < -0.39 is 0 Å². The largest absolute Gasteiger partial charge is 0.493 e. The van der Waals surface area contributed by atoms with Gasteiger partial charge >= 0.3 is 0 Å². The molecule has 0 atom stereocenters. The predicted molar refractivity (Wildman–Crippen MR) is 104 cm³/mol. The van der Waals surface area contributed by atoms with Crippen LogP contribution >= 0.6 is 11.6 Å². The van der Waals surface area contributed by atoms with Crippen LogP contribution in [-0.4, -0.2) is 47.5 Å². The van der Waals surface area contributed by atoms with Crippen molar-refractivity contribution in [1.82, 2.24) is 0 Å². The lowest BCUT2D eigenvalue weighted by Crippen LogP contribution is -3.13. The molecule has 26 heavy (non-hydrogen) atoms. The molecular formula is C20H26ClN2O3+. The van der Waals surface area contributed by atoms with Crippen LogP contribution in [0.5, 0.6) is 17.2 Å². The number of methoxy groups -OCH3 is 3. The van der Waals surface area contributed by atoms with Gasteiger partial charge in [0.25, 0.3) is 0 Å². The molecule has 1 aliphatic heterocycles. The maximum Gasteiger partial charge on any atom is 0.203 e. The second-order valence-electron chi connectivity index (χ2n) is 6.36. The molecule has 2 aromatic carbocycles. The third-order valence-electron chi connectivity index (χ3n) is 4.89. The number of piperazine rings is 1. The summed E-state index contributed by atoms with van der Waals surface area (Å²) in [5.74, 6) is 2.10. The first-order valence-electron chi connectivity index (χ1n) is 8.78. The molecule has 1 fully saturated rings. The van der Waals surface area contributed by atoms with E-state index >= 15 is 0 Å². The summed E-state index contributed by atoms with van der Waals surface area (Å²) in [5, 5.41) is 0.817. The number of hydrogen-bond acceptors (Lipinski definition) is 4. The Morgan fingerprint density at radius 3 is 2.23 bits per heavy atom. The smallest absolute Gasteiger partial charge is 0.203 e. The number of anilines is 1. The first-order valence-corrected chi connectivity index (χ1v) is 9.16. The number of benzene rings is 2. The zero-order chi connectivity index (χ0) is 18.5. The molecule has 0 radical (unpaired) electrons. The summed E-state index contributed by atoms with van der Waals surface area (Å²) < 4.78 is 16.5. The van der Waals surface area contributed by atoms with Gasteiger partial charge in [0.1, 0.15) is 6.54 Å². The van der Waals surface area contributed by atoms with E-state index in [9.17, 15) is 0 Å². The number of halogens is 1. The lowest BCUT2D eigenvalue weighted by Gasteiger charge is -2.34. The van der Waals surface area contributed by atoms with Crippen LogP contribution in [0.2, 0.25) is 5.02 Å². The van der Waals surface area contributed by atoms with Crippen molar-refractivity contribution < 1.29 is 19.1 Å². The summed E-state index contributed by atoms with van der Waals surface area (Å²) in [6.45, 7) is 4.94. The molecule has 2 aromatic rings. The molecule has 0 aliphatic carbocycles. The van der Waals surface area contributed by atoms with E-state index in [0.717, 1.165) is 54.7 Å². The Morgan fingerprint density at radius 2 is 1.62 bits per heavy atom. The molecule has 0 spiro atoms. The van der Waals surface area contributed by atoms with Gasteiger partial charge in [0.15, 0.2) is 11.5 Å². The van der Waals surface area contributed by atoms with Gasteiger partial charge in [-0.25, -0.2) is 0 Å². The monoisotopic (exact) mass is 377 g/mol. The molecule has 0 saturated carbocycles. The molecule has 0 bridgehead atoms. The fourth-order valence-corrected chi connectivity index (χ4v) is 3.78. The molecule has 1 aliphatic rings. The minimum atomic E-state index is 0.654. The summed E-state index contributed by atoms with van der Waals surface area (Å²) >= 11 is 6.33. The van der Waals surface area contributed by atoms with Crippen LogP contribution in [0.4, 0.5) is 5.69 Å². The molecule has 0 unspecified atom stereocenters. The molecule has 1 saturated heterocycles. The van der Waals surface area contributed by atoms with Gasteiger partial charge in [0.05, 0.1) is 63.8 Å². The van der Waals surface area contributed by atoms with Crippen molar-refractivity contribution in [2.24, 2.45) is 0 Å². The summed E-state index contributed by atoms with van der Waals surface area (Å²) in [6, 6.07) is 12.0. The van der Waals surface area contributed by atoms with Crippen LogP contribution in [0, 0.1) is 0 Å². The van der Waals surface area contributed by atoms with Gasteiger partial charge in [-0.05, 0) is 24.3 Å². The number of hydrogen-bond donors (Lipinski definition) is 1. The van der Waals surface area contributed by atoms with E-state index in [4.69, 9.17) is 25.8 Å². The van der Waals surface area contributed by atoms with Crippen molar-refractivity contribution in [3.05, 3.63) is 47.0 Å². The molecule has 1 N–H and O–H groups in total. The van der Waals surface area contributed by atoms with E-state index in [1.165, 1.54) is 4.90 Å². The van der Waals surface area contributed by atoms with Crippen molar-refractivity contribution in [2.45, 2.75) is 6.54 Å². The number of rotatable bonds is 6. The predicted octanol–water partition coefficient (Wildman–Crippen LogP) is 2.27. The molecule has 3 rings (SSSR count). The fourth-order valence-electron chi connectivity index (χ4n) is 3.52. The third kappa shape index (κ3) is 3.84.